The van der Waals surface area contributed by atoms with Crippen molar-refractivity contribution in [2.45, 2.75) is 19.3 Å². The molecule has 0 fully saturated rings. The molecule has 12 heteroatoms. The maximum atomic E-state index is 14.5. The molecule has 1 aromatic heterocycles. The Balaban J connectivity index is 1.76. The maximum absolute atomic E-state index is 14.5. The van der Waals surface area contributed by atoms with Crippen molar-refractivity contribution < 1.29 is 26.7 Å². The minimum absolute atomic E-state index is 0.113. The second kappa shape index (κ2) is 10.2. The van der Waals surface area contributed by atoms with Crippen LogP contribution in [0, 0.1) is 11.6 Å². The van der Waals surface area contributed by atoms with Crippen LogP contribution in [0.5, 0.6) is 0 Å². The predicted molar refractivity (Wildman–Crippen MR) is 122 cm³/mol. The average Bonchev–Trinajstić information content (AvgIpc) is 2.86. The van der Waals surface area contributed by atoms with E-state index < -0.39 is 52.8 Å². The van der Waals surface area contributed by atoms with E-state index in [0.29, 0.717) is 14.8 Å². The van der Waals surface area contributed by atoms with Crippen LogP contribution in [0.1, 0.15) is 27.2 Å². The van der Waals surface area contributed by atoms with Crippen molar-refractivity contribution in [1.82, 2.24) is 19.7 Å². The molecule has 1 amide bonds. The number of nitrogens with one attached hydrogen (secondary N) is 1. The van der Waals surface area contributed by atoms with E-state index in [4.69, 9.17) is 0 Å². The van der Waals surface area contributed by atoms with Crippen LogP contribution < -0.4 is 16.6 Å². The summed E-state index contributed by atoms with van der Waals surface area (Å²) in [6.45, 7) is -0.622. The summed E-state index contributed by atoms with van der Waals surface area (Å²) < 4.78 is 67.4. The molecule has 0 saturated carbocycles. The molecule has 37 heavy (non-hydrogen) atoms. The molecule has 0 atom stereocenters. The number of carbonyl (C=O) groups is 1. The zero-order chi connectivity index (χ0) is 26.7. The first-order valence-electron chi connectivity index (χ1n) is 10.7. The van der Waals surface area contributed by atoms with E-state index in [1.54, 1.807) is 0 Å². The highest BCUT2D eigenvalue weighted by Crippen LogP contribution is 2.29. The topological polar surface area (TPSA) is 86.0 Å². The second-order valence-corrected chi connectivity index (χ2v) is 7.89. The quantitative estimate of drug-likeness (QED) is 0.397. The Morgan fingerprint density at radius 2 is 1.49 bits per heavy atom. The molecule has 190 valence electrons. The van der Waals surface area contributed by atoms with Crippen molar-refractivity contribution in [2.75, 3.05) is 0 Å². The van der Waals surface area contributed by atoms with Gasteiger partial charge in [0.15, 0.2) is 0 Å². The van der Waals surface area contributed by atoms with Crippen LogP contribution in [0.4, 0.5) is 22.0 Å². The van der Waals surface area contributed by atoms with Crippen molar-refractivity contribution in [2.24, 2.45) is 0 Å². The molecule has 1 heterocycles. The summed E-state index contributed by atoms with van der Waals surface area (Å²) in [5, 5.41) is 6.22. The van der Waals surface area contributed by atoms with Crippen LogP contribution in [0.15, 0.2) is 82.4 Å². The van der Waals surface area contributed by atoms with Gasteiger partial charge in [0.1, 0.15) is 17.3 Å². The minimum Gasteiger partial charge on any atom is -0.346 e. The van der Waals surface area contributed by atoms with Gasteiger partial charge in [0.2, 0.25) is 5.69 Å². The largest absolute Gasteiger partial charge is 0.416 e. The van der Waals surface area contributed by atoms with Crippen molar-refractivity contribution in [3.8, 4) is 5.69 Å². The molecule has 0 bridgehead atoms. The van der Waals surface area contributed by atoms with Crippen LogP contribution >= 0.6 is 0 Å². The third-order valence-electron chi connectivity index (χ3n) is 5.34. The van der Waals surface area contributed by atoms with Gasteiger partial charge in [-0.05, 0) is 47.5 Å². The zero-order valence-electron chi connectivity index (χ0n) is 18.8. The van der Waals surface area contributed by atoms with Gasteiger partial charge in [0.25, 0.3) is 11.5 Å². The Morgan fingerprint density at radius 1 is 0.865 bits per heavy atom. The summed E-state index contributed by atoms with van der Waals surface area (Å²) >= 11 is 0. The third-order valence-corrected chi connectivity index (χ3v) is 5.34. The van der Waals surface area contributed by atoms with E-state index in [2.05, 4.69) is 10.4 Å². The first-order chi connectivity index (χ1) is 17.5. The van der Waals surface area contributed by atoms with Gasteiger partial charge >= 0.3 is 11.9 Å². The standard InChI is InChI=1S/C25H17F5N4O3/c26-18-11-7-15(8-12-18)13-31-22(35)21-23(36)33(14-16-5-9-17(10-6-16)25(28,29)30)24(37)34(32-21)20-4-2-1-3-19(20)27/h1-12H,13-14H2,(H,31,35). The van der Waals surface area contributed by atoms with Crippen LogP contribution in [0.3, 0.4) is 0 Å². The highest BCUT2D eigenvalue weighted by atomic mass is 19.4. The Bertz CT molecular complexity index is 1560. The van der Waals surface area contributed by atoms with E-state index in [1.165, 1.54) is 42.5 Å². The molecule has 0 saturated heterocycles. The number of rotatable bonds is 6. The van der Waals surface area contributed by atoms with Gasteiger partial charge in [-0.15, -0.1) is 0 Å². The van der Waals surface area contributed by atoms with Gasteiger partial charge in [0, 0.05) is 6.54 Å². The van der Waals surface area contributed by atoms with E-state index in [9.17, 15) is 36.3 Å². The Kier molecular flexibility index (Phi) is 7.00. The summed E-state index contributed by atoms with van der Waals surface area (Å²) in [4.78, 5) is 39.0. The predicted octanol–water partition coefficient (Wildman–Crippen LogP) is 3.67. The van der Waals surface area contributed by atoms with Gasteiger partial charge in [0.05, 0.1) is 12.1 Å². The molecular weight excluding hydrogens is 499 g/mol. The Labute approximate surface area is 205 Å². The highest BCUT2D eigenvalue weighted by Gasteiger charge is 2.30. The van der Waals surface area contributed by atoms with E-state index >= 15 is 0 Å². The number of hydrogen-bond donors (Lipinski definition) is 1. The number of benzene rings is 3. The molecule has 0 unspecified atom stereocenters. The lowest BCUT2D eigenvalue weighted by Crippen LogP contribution is -2.46. The zero-order valence-corrected chi connectivity index (χ0v) is 18.8. The van der Waals surface area contributed by atoms with Crippen molar-refractivity contribution >= 4 is 5.91 Å². The fraction of sp³-hybridized carbons (Fsp3) is 0.120. The summed E-state index contributed by atoms with van der Waals surface area (Å²) in [6.07, 6.45) is -4.58. The SMILES string of the molecule is O=C(NCc1ccc(F)cc1)c1nn(-c2ccccc2F)c(=O)n(Cc2ccc(C(F)(F)F)cc2)c1=O. The molecular formula is C25H17F5N4O3. The van der Waals surface area contributed by atoms with Crippen LogP contribution in [-0.2, 0) is 19.3 Å². The van der Waals surface area contributed by atoms with Gasteiger partial charge in [-0.3, -0.25) is 14.2 Å². The first-order valence-corrected chi connectivity index (χ1v) is 10.7. The molecule has 0 aliphatic heterocycles. The van der Waals surface area contributed by atoms with Gasteiger partial charge < -0.3 is 5.32 Å². The lowest BCUT2D eigenvalue weighted by atomic mass is 10.1. The smallest absolute Gasteiger partial charge is 0.346 e. The van der Waals surface area contributed by atoms with Crippen molar-refractivity contribution in [3.05, 3.63) is 128 Å². The van der Waals surface area contributed by atoms with Crippen molar-refractivity contribution in [1.29, 1.82) is 0 Å². The number of para-hydroxylation sites is 1. The van der Waals surface area contributed by atoms with Crippen LogP contribution in [0.2, 0.25) is 0 Å². The number of aromatic nitrogens is 3. The molecule has 3 aromatic carbocycles. The van der Waals surface area contributed by atoms with Gasteiger partial charge in [-0.2, -0.15) is 23.0 Å². The second-order valence-electron chi connectivity index (χ2n) is 7.89. The van der Waals surface area contributed by atoms with E-state index in [-0.39, 0.29) is 17.8 Å². The van der Waals surface area contributed by atoms with Crippen LogP contribution in [0.25, 0.3) is 5.69 Å². The summed E-state index contributed by atoms with van der Waals surface area (Å²) in [5.41, 5.74) is -3.61. The minimum atomic E-state index is -4.58. The number of halogens is 5. The lowest BCUT2D eigenvalue weighted by Gasteiger charge is -2.13. The number of alkyl halides is 3. The highest BCUT2D eigenvalue weighted by molar-refractivity contribution is 5.91. The van der Waals surface area contributed by atoms with Crippen molar-refractivity contribution in [3.63, 3.8) is 0 Å². The molecule has 4 rings (SSSR count). The molecule has 7 nitrogen and oxygen atoms in total. The molecule has 1 N–H and O–H groups in total. The monoisotopic (exact) mass is 516 g/mol. The Hall–Kier alpha value is -4.61. The van der Waals surface area contributed by atoms with Gasteiger partial charge in [-0.25, -0.2) is 13.6 Å². The lowest BCUT2D eigenvalue weighted by molar-refractivity contribution is -0.137. The fourth-order valence-electron chi connectivity index (χ4n) is 3.43. The summed E-state index contributed by atoms with van der Waals surface area (Å²) in [6, 6.07) is 13.9. The number of nitrogens with zero attached hydrogens (tertiary/aromatic N) is 3. The molecule has 0 radical (unpaired) electrons. The van der Waals surface area contributed by atoms with E-state index in [1.807, 2.05) is 0 Å². The normalized spacial score (nSPS) is 11.4. The third kappa shape index (κ3) is 5.63. The molecule has 0 spiro atoms. The summed E-state index contributed by atoms with van der Waals surface area (Å²) in [5.74, 6) is -2.35. The fourth-order valence-corrected chi connectivity index (χ4v) is 3.43. The van der Waals surface area contributed by atoms with Crippen LogP contribution in [-0.4, -0.2) is 20.3 Å². The van der Waals surface area contributed by atoms with E-state index in [0.717, 1.165) is 30.3 Å². The molecule has 0 aliphatic carbocycles. The average molecular weight is 516 g/mol. The molecule has 4 aromatic rings. The van der Waals surface area contributed by atoms with Gasteiger partial charge in [-0.1, -0.05) is 36.4 Å². The number of carbonyl (C=O) groups excluding carboxylic acids is 1. The Morgan fingerprint density at radius 3 is 2.11 bits per heavy atom. The summed E-state index contributed by atoms with van der Waals surface area (Å²) in [7, 11) is 0. The molecule has 0 aliphatic rings. The maximum Gasteiger partial charge on any atom is 0.416 e. The first kappa shape index (κ1) is 25.5. The number of amides is 1. The number of hydrogen-bond acceptors (Lipinski definition) is 4.